The van der Waals surface area contributed by atoms with Crippen molar-refractivity contribution in [3.63, 3.8) is 0 Å². The second-order valence-electron chi connectivity index (χ2n) is 4.94. The van der Waals surface area contributed by atoms with Crippen LogP contribution in [0.1, 0.15) is 25.8 Å². The molecule has 0 aromatic carbocycles. The predicted molar refractivity (Wildman–Crippen MR) is 76.6 cm³/mol. The van der Waals surface area contributed by atoms with E-state index in [2.05, 4.69) is 34.3 Å². The molecule has 1 atom stereocenters. The van der Waals surface area contributed by atoms with Crippen molar-refractivity contribution in [2.45, 2.75) is 20.0 Å². The molecule has 3 N–H and O–H groups in total. The van der Waals surface area contributed by atoms with Crippen molar-refractivity contribution in [1.29, 1.82) is 0 Å². The van der Waals surface area contributed by atoms with Crippen LogP contribution >= 0.6 is 0 Å². The van der Waals surface area contributed by atoms with Crippen LogP contribution in [0.4, 0.5) is 5.82 Å². The quantitative estimate of drug-likeness (QED) is 0.635. The first-order chi connectivity index (χ1) is 9.55. The summed E-state index contributed by atoms with van der Waals surface area (Å²) >= 11 is 0. The number of methoxy groups -OCH3 is 1. The van der Waals surface area contributed by atoms with E-state index in [4.69, 9.17) is 10.6 Å². The van der Waals surface area contributed by atoms with Crippen LogP contribution in [0.3, 0.4) is 0 Å². The van der Waals surface area contributed by atoms with Crippen LogP contribution in [0.15, 0.2) is 18.5 Å². The normalized spacial score (nSPS) is 12.7. The lowest BCUT2D eigenvalue weighted by atomic mass is 10.1. The van der Waals surface area contributed by atoms with Gasteiger partial charge in [-0.15, -0.1) is 0 Å². The van der Waals surface area contributed by atoms with Gasteiger partial charge in [0.2, 0.25) is 0 Å². The number of ether oxygens (including phenoxy) is 1. The van der Waals surface area contributed by atoms with Gasteiger partial charge in [0.15, 0.2) is 5.82 Å². The Balaban J connectivity index is 2.48. The predicted octanol–water partition coefficient (Wildman–Crippen LogP) is 1.51. The molecule has 7 heteroatoms. The zero-order valence-corrected chi connectivity index (χ0v) is 12.2. The Hall–Kier alpha value is -1.99. The molecule has 0 saturated carbocycles. The summed E-state index contributed by atoms with van der Waals surface area (Å²) in [5.41, 5.74) is 4.24. The molecule has 0 spiro atoms. The molecule has 0 amide bonds. The molecule has 0 fully saturated rings. The van der Waals surface area contributed by atoms with E-state index >= 15 is 0 Å². The Kier molecular flexibility index (Phi) is 4.31. The maximum absolute atomic E-state index is 5.49. The number of nitrogen functional groups attached to an aromatic ring is 1. The number of rotatable bonds is 5. The summed E-state index contributed by atoms with van der Waals surface area (Å²) in [6, 6.07) is 1.79. The molecule has 0 aliphatic carbocycles. The molecule has 7 nitrogen and oxygen atoms in total. The number of aryl methyl sites for hydroxylation is 1. The van der Waals surface area contributed by atoms with E-state index < -0.39 is 0 Å². The van der Waals surface area contributed by atoms with Crippen LogP contribution in [-0.2, 0) is 11.8 Å². The smallest absolute Gasteiger partial charge is 0.160 e. The first-order valence-electron chi connectivity index (χ1n) is 6.42. The van der Waals surface area contributed by atoms with Gasteiger partial charge in [0.25, 0.3) is 0 Å². The Morgan fingerprint density at radius 1 is 1.35 bits per heavy atom. The van der Waals surface area contributed by atoms with Gasteiger partial charge < -0.3 is 10.2 Å². The molecule has 0 aliphatic heterocycles. The maximum Gasteiger partial charge on any atom is 0.160 e. The molecule has 2 aromatic heterocycles. The van der Waals surface area contributed by atoms with Crippen LogP contribution in [-0.4, -0.2) is 26.9 Å². The van der Waals surface area contributed by atoms with E-state index in [0.717, 1.165) is 11.3 Å². The molecular formula is C13H20N6O. The summed E-state index contributed by atoms with van der Waals surface area (Å²) in [4.78, 5) is 8.95. The van der Waals surface area contributed by atoms with E-state index in [1.165, 1.54) is 0 Å². The van der Waals surface area contributed by atoms with Gasteiger partial charge in [0.1, 0.15) is 11.9 Å². The van der Waals surface area contributed by atoms with E-state index in [-0.39, 0.29) is 12.0 Å². The van der Waals surface area contributed by atoms with Gasteiger partial charge in [-0.2, -0.15) is 5.10 Å². The van der Waals surface area contributed by atoms with Crippen LogP contribution in [0.2, 0.25) is 0 Å². The van der Waals surface area contributed by atoms with Crippen molar-refractivity contribution in [2.75, 3.05) is 12.5 Å². The van der Waals surface area contributed by atoms with Crippen LogP contribution in [0, 0.1) is 5.92 Å². The number of anilines is 1. The van der Waals surface area contributed by atoms with Gasteiger partial charge in [-0.1, -0.05) is 13.8 Å². The lowest BCUT2D eigenvalue weighted by Gasteiger charge is -2.18. The number of hydrogen-bond acceptors (Lipinski definition) is 6. The topological polar surface area (TPSA) is 90.9 Å². The van der Waals surface area contributed by atoms with E-state index in [1.54, 1.807) is 24.1 Å². The summed E-state index contributed by atoms with van der Waals surface area (Å²) in [5, 5.41) is 4.15. The van der Waals surface area contributed by atoms with Crippen molar-refractivity contribution >= 4 is 5.82 Å². The fourth-order valence-electron chi connectivity index (χ4n) is 2.04. The van der Waals surface area contributed by atoms with E-state index in [9.17, 15) is 0 Å². The molecule has 2 heterocycles. The van der Waals surface area contributed by atoms with E-state index in [0.29, 0.717) is 11.6 Å². The summed E-state index contributed by atoms with van der Waals surface area (Å²) < 4.78 is 7.20. The number of hydrazine groups is 1. The van der Waals surface area contributed by atoms with Crippen LogP contribution in [0.5, 0.6) is 0 Å². The summed E-state index contributed by atoms with van der Waals surface area (Å²) in [7, 11) is 3.51. The summed E-state index contributed by atoms with van der Waals surface area (Å²) in [5.74, 6) is 6.91. The summed E-state index contributed by atoms with van der Waals surface area (Å²) in [6.45, 7) is 4.12. The fraction of sp³-hybridized carbons (Fsp3) is 0.462. The van der Waals surface area contributed by atoms with Gasteiger partial charge in [-0.05, 0) is 5.92 Å². The SMILES string of the molecule is COC(c1nc(NN)cc(-c2cnn(C)c2)n1)C(C)C. The highest BCUT2D eigenvalue weighted by Gasteiger charge is 2.20. The minimum atomic E-state index is -0.182. The van der Waals surface area contributed by atoms with Crippen LogP contribution in [0.25, 0.3) is 11.3 Å². The third-order valence-electron chi connectivity index (χ3n) is 3.01. The van der Waals surface area contributed by atoms with Crippen molar-refractivity contribution in [3.05, 3.63) is 24.3 Å². The first-order valence-corrected chi connectivity index (χ1v) is 6.42. The largest absolute Gasteiger partial charge is 0.373 e. The number of nitrogens with one attached hydrogen (secondary N) is 1. The van der Waals surface area contributed by atoms with Gasteiger partial charge in [0.05, 0.1) is 11.9 Å². The lowest BCUT2D eigenvalue weighted by Crippen LogP contribution is -2.16. The molecular weight excluding hydrogens is 256 g/mol. The summed E-state index contributed by atoms with van der Waals surface area (Å²) in [6.07, 6.45) is 3.46. The Morgan fingerprint density at radius 3 is 2.60 bits per heavy atom. The highest BCUT2D eigenvalue weighted by atomic mass is 16.5. The average Bonchev–Trinajstić information content (AvgIpc) is 2.85. The van der Waals surface area contributed by atoms with Gasteiger partial charge in [-0.25, -0.2) is 15.8 Å². The van der Waals surface area contributed by atoms with E-state index in [1.807, 2.05) is 13.2 Å². The number of aromatic nitrogens is 4. The monoisotopic (exact) mass is 276 g/mol. The third-order valence-corrected chi connectivity index (χ3v) is 3.01. The molecule has 0 aliphatic rings. The van der Waals surface area contributed by atoms with Crippen LogP contribution < -0.4 is 11.3 Å². The number of nitrogens with two attached hydrogens (primary N) is 1. The molecule has 20 heavy (non-hydrogen) atoms. The third kappa shape index (κ3) is 2.94. The van der Waals surface area contributed by atoms with Gasteiger partial charge in [0, 0.05) is 32.0 Å². The first kappa shape index (κ1) is 14.4. The highest BCUT2D eigenvalue weighted by molar-refractivity contribution is 5.60. The average molecular weight is 276 g/mol. The molecule has 108 valence electrons. The molecule has 0 bridgehead atoms. The molecule has 0 radical (unpaired) electrons. The minimum absolute atomic E-state index is 0.182. The zero-order chi connectivity index (χ0) is 14.7. The van der Waals surface area contributed by atoms with Gasteiger partial charge in [-0.3, -0.25) is 4.68 Å². The zero-order valence-electron chi connectivity index (χ0n) is 12.2. The van der Waals surface area contributed by atoms with Crippen molar-refractivity contribution < 1.29 is 4.74 Å². The Labute approximate surface area is 118 Å². The maximum atomic E-state index is 5.49. The Morgan fingerprint density at radius 2 is 2.10 bits per heavy atom. The number of hydrogen-bond donors (Lipinski definition) is 2. The molecule has 2 rings (SSSR count). The van der Waals surface area contributed by atoms with Crippen molar-refractivity contribution in [3.8, 4) is 11.3 Å². The van der Waals surface area contributed by atoms with Crippen molar-refractivity contribution in [1.82, 2.24) is 19.7 Å². The second kappa shape index (κ2) is 5.98. The Bertz CT molecular complexity index is 580. The minimum Gasteiger partial charge on any atom is -0.373 e. The highest BCUT2D eigenvalue weighted by Crippen LogP contribution is 2.26. The van der Waals surface area contributed by atoms with Gasteiger partial charge >= 0.3 is 0 Å². The lowest BCUT2D eigenvalue weighted by molar-refractivity contribution is 0.0576. The van der Waals surface area contributed by atoms with Crippen molar-refractivity contribution in [2.24, 2.45) is 18.8 Å². The molecule has 0 saturated heterocycles. The number of nitrogens with zero attached hydrogens (tertiary/aromatic N) is 4. The standard InChI is InChI=1S/C13H20N6O/c1-8(2)12(20-4)13-16-10(5-11(17-13)18-14)9-6-15-19(3)7-9/h5-8,12H,14H2,1-4H3,(H,16,17,18). The fourth-order valence-corrected chi connectivity index (χ4v) is 2.04. The molecule has 1 unspecified atom stereocenters. The second-order valence-corrected chi connectivity index (χ2v) is 4.94. The molecule has 2 aromatic rings.